The number of imide groups is 1. The maximum absolute atomic E-state index is 11.2. The van der Waals surface area contributed by atoms with Gasteiger partial charge in [-0.25, -0.2) is 0 Å². The van der Waals surface area contributed by atoms with Crippen LogP contribution >= 0.6 is 0 Å². The number of rotatable bonds is 3. The van der Waals surface area contributed by atoms with Gasteiger partial charge in [-0.05, 0) is 19.3 Å². The molecule has 0 radical (unpaired) electrons. The number of carbonyl (C=O) groups is 2. The summed E-state index contributed by atoms with van der Waals surface area (Å²) in [6, 6.07) is -0.358. The molecule has 0 aromatic rings. The number of hydrogen-bond acceptors (Lipinski definition) is 4. The topological polar surface area (TPSA) is 67.4 Å². The van der Waals surface area contributed by atoms with E-state index in [1.807, 2.05) is 0 Å². The van der Waals surface area contributed by atoms with Crippen molar-refractivity contribution < 1.29 is 14.3 Å². The number of carbonyl (C=O) groups excluding carboxylic acids is 2. The van der Waals surface area contributed by atoms with Gasteiger partial charge in [-0.1, -0.05) is 0 Å². The van der Waals surface area contributed by atoms with Crippen molar-refractivity contribution in [1.29, 1.82) is 0 Å². The first-order chi connectivity index (χ1) is 7.25. The molecule has 5 heteroatoms. The van der Waals surface area contributed by atoms with E-state index in [-0.39, 0.29) is 30.4 Å². The van der Waals surface area contributed by atoms with E-state index in [9.17, 15) is 9.59 Å². The number of amides is 2. The Labute approximate surface area is 88.5 Å². The summed E-state index contributed by atoms with van der Waals surface area (Å²) in [5.74, 6) is -0.405. The number of nitrogens with one attached hydrogen (secondary N) is 2. The molecular formula is C10H16N2O3. The van der Waals surface area contributed by atoms with Crippen molar-refractivity contribution in [2.75, 3.05) is 13.2 Å². The first-order valence-electron chi connectivity index (χ1n) is 5.44. The molecule has 2 amide bonds. The largest absolute Gasteiger partial charge is 0.377 e. The Morgan fingerprint density at radius 1 is 1.40 bits per heavy atom. The van der Waals surface area contributed by atoms with Crippen LogP contribution < -0.4 is 10.6 Å². The van der Waals surface area contributed by atoms with Gasteiger partial charge in [0.1, 0.15) is 0 Å². The van der Waals surface area contributed by atoms with Crippen LogP contribution in [0, 0.1) is 0 Å². The summed E-state index contributed by atoms with van der Waals surface area (Å²) in [6.07, 6.45) is 3.80. The van der Waals surface area contributed by atoms with E-state index in [4.69, 9.17) is 4.74 Å². The van der Waals surface area contributed by atoms with Gasteiger partial charge in [-0.2, -0.15) is 0 Å². The third-order valence-electron chi connectivity index (χ3n) is 2.83. The van der Waals surface area contributed by atoms with Crippen molar-refractivity contribution >= 4 is 11.8 Å². The van der Waals surface area contributed by atoms with Crippen LogP contribution in [0.3, 0.4) is 0 Å². The Bertz CT molecular complexity index is 261. The normalized spacial score (nSPS) is 31.7. The molecule has 2 aliphatic rings. The Kier molecular flexibility index (Phi) is 3.33. The Hall–Kier alpha value is -0.940. The Morgan fingerprint density at radius 3 is 2.87 bits per heavy atom. The molecule has 0 aromatic carbocycles. The van der Waals surface area contributed by atoms with Gasteiger partial charge >= 0.3 is 0 Å². The second-order valence-corrected chi connectivity index (χ2v) is 4.07. The average Bonchev–Trinajstić information content (AvgIpc) is 2.56. The lowest BCUT2D eigenvalue weighted by Crippen LogP contribution is -2.41. The van der Waals surface area contributed by atoms with Crippen molar-refractivity contribution in [3.63, 3.8) is 0 Å². The second kappa shape index (κ2) is 4.72. The first-order valence-corrected chi connectivity index (χ1v) is 5.44. The smallest absolute Gasteiger partial charge is 0.244 e. The minimum Gasteiger partial charge on any atom is -0.377 e. The van der Waals surface area contributed by atoms with E-state index in [0.717, 1.165) is 19.4 Å². The van der Waals surface area contributed by atoms with Gasteiger partial charge in [0.2, 0.25) is 11.8 Å². The summed E-state index contributed by atoms with van der Waals surface area (Å²) in [6.45, 7) is 1.47. The highest BCUT2D eigenvalue weighted by Gasteiger charge is 2.30. The van der Waals surface area contributed by atoms with Crippen molar-refractivity contribution in [2.45, 2.75) is 37.8 Å². The fourth-order valence-electron chi connectivity index (χ4n) is 1.96. The maximum Gasteiger partial charge on any atom is 0.244 e. The molecule has 2 atom stereocenters. The van der Waals surface area contributed by atoms with E-state index in [1.165, 1.54) is 6.42 Å². The fraction of sp³-hybridized carbons (Fsp3) is 0.800. The molecule has 0 unspecified atom stereocenters. The maximum atomic E-state index is 11.2. The van der Waals surface area contributed by atoms with Crippen molar-refractivity contribution in [2.24, 2.45) is 0 Å². The van der Waals surface area contributed by atoms with Crippen molar-refractivity contribution in [3.8, 4) is 0 Å². The fourth-order valence-corrected chi connectivity index (χ4v) is 1.96. The van der Waals surface area contributed by atoms with Crippen LogP contribution in [0.4, 0.5) is 0 Å². The van der Waals surface area contributed by atoms with Gasteiger partial charge in [-0.3, -0.25) is 14.9 Å². The van der Waals surface area contributed by atoms with E-state index in [1.54, 1.807) is 0 Å². The molecule has 0 bridgehead atoms. The molecule has 0 aromatic heterocycles. The summed E-state index contributed by atoms with van der Waals surface area (Å²) < 4.78 is 5.52. The lowest BCUT2D eigenvalue weighted by atomic mass is 10.1. The van der Waals surface area contributed by atoms with Gasteiger partial charge in [0.25, 0.3) is 0 Å². The van der Waals surface area contributed by atoms with E-state index >= 15 is 0 Å². The van der Waals surface area contributed by atoms with Gasteiger partial charge in [0.05, 0.1) is 18.6 Å². The van der Waals surface area contributed by atoms with Crippen LogP contribution in [-0.2, 0) is 14.3 Å². The lowest BCUT2D eigenvalue weighted by molar-refractivity contribution is -0.125. The molecule has 84 valence electrons. The molecule has 0 saturated carbocycles. The molecule has 2 rings (SSSR count). The van der Waals surface area contributed by atoms with E-state index in [0.29, 0.717) is 6.54 Å². The summed E-state index contributed by atoms with van der Waals surface area (Å²) in [5, 5.41) is 5.35. The Morgan fingerprint density at radius 2 is 2.27 bits per heavy atom. The van der Waals surface area contributed by atoms with Gasteiger partial charge in [-0.15, -0.1) is 0 Å². The molecule has 15 heavy (non-hydrogen) atoms. The van der Waals surface area contributed by atoms with Crippen LogP contribution in [0.15, 0.2) is 0 Å². The van der Waals surface area contributed by atoms with Crippen LogP contribution in [0.5, 0.6) is 0 Å². The third-order valence-corrected chi connectivity index (χ3v) is 2.83. The number of hydrogen-bond donors (Lipinski definition) is 2. The monoisotopic (exact) mass is 212 g/mol. The summed E-state index contributed by atoms with van der Waals surface area (Å²) >= 11 is 0. The van der Waals surface area contributed by atoms with Gasteiger partial charge < -0.3 is 10.1 Å². The average molecular weight is 212 g/mol. The zero-order valence-corrected chi connectivity index (χ0v) is 8.62. The quantitative estimate of drug-likeness (QED) is 0.622. The highest BCUT2D eigenvalue weighted by molar-refractivity contribution is 6.05. The minimum absolute atomic E-state index is 0.193. The summed E-state index contributed by atoms with van der Waals surface area (Å²) in [7, 11) is 0. The lowest BCUT2D eigenvalue weighted by Gasteiger charge is -2.23. The molecule has 2 aliphatic heterocycles. The van der Waals surface area contributed by atoms with Crippen LogP contribution in [0.25, 0.3) is 0 Å². The molecular weight excluding hydrogens is 196 g/mol. The summed E-state index contributed by atoms with van der Waals surface area (Å²) in [4.78, 5) is 22.1. The van der Waals surface area contributed by atoms with Gasteiger partial charge in [0, 0.05) is 13.2 Å². The molecule has 2 fully saturated rings. The van der Waals surface area contributed by atoms with E-state index < -0.39 is 0 Å². The van der Waals surface area contributed by atoms with Gasteiger partial charge in [0.15, 0.2) is 0 Å². The van der Waals surface area contributed by atoms with E-state index in [2.05, 4.69) is 10.6 Å². The highest BCUT2D eigenvalue weighted by atomic mass is 16.5. The standard InChI is InChI=1S/C10H16N2O3/c13-9-5-8(10(14)12-9)11-6-7-3-1-2-4-15-7/h7-8,11H,1-6H2,(H,12,13,14)/t7-,8+/m0/s1. The van der Waals surface area contributed by atoms with Crippen LogP contribution in [0.2, 0.25) is 0 Å². The zero-order chi connectivity index (χ0) is 10.7. The molecule has 2 heterocycles. The SMILES string of the molecule is O=C1C[C@@H](NC[C@@H]2CCCCO2)C(=O)N1. The highest BCUT2D eigenvalue weighted by Crippen LogP contribution is 2.12. The Balaban J connectivity index is 1.73. The molecule has 0 spiro atoms. The number of ether oxygens (including phenoxy) is 1. The minimum atomic E-state index is -0.358. The predicted octanol–water partition coefficient (Wildman–Crippen LogP) is -0.440. The predicted molar refractivity (Wildman–Crippen MR) is 53.1 cm³/mol. The van der Waals surface area contributed by atoms with Crippen molar-refractivity contribution in [1.82, 2.24) is 10.6 Å². The van der Waals surface area contributed by atoms with Crippen LogP contribution in [-0.4, -0.2) is 37.1 Å². The second-order valence-electron chi connectivity index (χ2n) is 4.07. The molecule has 2 saturated heterocycles. The van der Waals surface area contributed by atoms with Crippen LogP contribution in [0.1, 0.15) is 25.7 Å². The third kappa shape index (κ3) is 2.76. The molecule has 0 aliphatic carbocycles. The summed E-state index contributed by atoms with van der Waals surface area (Å²) in [5.41, 5.74) is 0. The molecule has 2 N–H and O–H groups in total. The first kappa shape index (κ1) is 10.6. The zero-order valence-electron chi connectivity index (χ0n) is 8.62. The van der Waals surface area contributed by atoms with Crippen molar-refractivity contribution in [3.05, 3.63) is 0 Å². The molecule has 5 nitrogen and oxygen atoms in total.